The quantitative estimate of drug-likeness (QED) is 0.711. The van der Waals surface area contributed by atoms with Crippen molar-refractivity contribution in [2.24, 2.45) is 0 Å². The molecule has 0 bridgehead atoms. The van der Waals surface area contributed by atoms with Gasteiger partial charge in [-0.25, -0.2) is 4.63 Å². The summed E-state index contributed by atoms with van der Waals surface area (Å²) in [7, 11) is 0. The third-order valence-electron chi connectivity index (χ3n) is 3.25. The van der Waals surface area contributed by atoms with Crippen molar-refractivity contribution in [2.45, 2.75) is 6.92 Å². The molecule has 0 saturated carbocycles. The van der Waals surface area contributed by atoms with Gasteiger partial charge in [-0.3, -0.25) is 4.79 Å². The lowest BCUT2D eigenvalue weighted by molar-refractivity contribution is 0.102. The van der Waals surface area contributed by atoms with Crippen LogP contribution in [-0.4, -0.2) is 22.8 Å². The van der Waals surface area contributed by atoms with Gasteiger partial charge in [-0.1, -0.05) is 34.1 Å². The van der Waals surface area contributed by atoms with Crippen molar-refractivity contribution in [1.29, 1.82) is 0 Å². The molecule has 1 N–H and O–H groups in total. The molecule has 7 heteroatoms. The lowest BCUT2D eigenvalue weighted by Crippen LogP contribution is -2.13. The standard InChI is InChI=1S/C17H14BrN3O3/c1-2-23-14-5-3-4-12(10-14)17(22)19-16-15(20-24-21-16)11-6-8-13(18)9-7-11/h3-10H,2H2,1H3,(H,19,21,22). The van der Waals surface area contributed by atoms with Crippen LogP contribution in [0.3, 0.4) is 0 Å². The minimum absolute atomic E-state index is 0.268. The molecule has 0 aliphatic carbocycles. The Kier molecular flexibility index (Phi) is 4.90. The van der Waals surface area contributed by atoms with E-state index in [0.717, 1.165) is 10.0 Å². The number of nitrogens with one attached hydrogen (secondary N) is 1. The summed E-state index contributed by atoms with van der Waals surface area (Å²) < 4.78 is 11.1. The van der Waals surface area contributed by atoms with Gasteiger partial charge >= 0.3 is 0 Å². The molecule has 0 spiro atoms. The Labute approximate surface area is 146 Å². The molecule has 0 saturated heterocycles. The molecule has 0 unspecified atom stereocenters. The molecule has 3 rings (SSSR count). The van der Waals surface area contributed by atoms with E-state index in [0.29, 0.717) is 23.6 Å². The van der Waals surface area contributed by atoms with Gasteiger partial charge in [0.25, 0.3) is 5.91 Å². The Balaban J connectivity index is 1.82. The van der Waals surface area contributed by atoms with Gasteiger partial charge in [-0.05, 0) is 47.6 Å². The number of ether oxygens (including phenoxy) is 1. The molecule has 1 amide bonds. The Hall–Kier alpha value is -2.67. The summed E-state index contributed by atoms with van der Waals surface area (Å²) in [5.74, 6) is 0.589. The number of amides is 1. The predicted octanol–water partition coefficient (Wildman–Crippen LogP) is 4.15. The summed E-state index contributed by atoms with van der Waals surface area (Å²) in [5.41, 5.74) is 1.72. The van der Waals surface area contributed by atoms with Crippen LogP contribution in [0.25, 0.3) is 11.3 Å². The molecule has 6 nitrogen and oxygen atoms in total. The summed E-state index contributed by atoms with van der Waals surface area (Å²) in [4.78, 5) is 12.4. The highest BCUT2D eigenvalue weighted by atomic mass is 79.9. The number of anilines is 1. The first-order chi connectivity index (χ1) is 11.7. The van der Waals surface area contributed by atoms with Gasteiger partial charge < -0.3 is 10.1 Å². The number of carbonyl (C=O) groups is 1. The summed E-state index contributed by atoms with van der Waals surface area (Å²) >= 11 is 3.38. The van der Waals surface area contributed by atoms with Crippen molar-refractivity contribution >= 4 is 27.7 Å². The number of nitrogens with zero attached hydrogens (tertiary/aromatic N) is 2. The minimum Gasteiger partial charge on any atom is -0.494 e. The number of rotatable bonds is 5. The molecule has 1 heterocycles. The second-order valence-corrected chi connectivity index (χ2v) is 5.80. The minimum atomic E-state index is -0.314. The van der Waals surface area contributed by atoms with Crippen LogP contribution in [0, 0.1) is 0 Å². The van der Waals surface area contributed by atoms with Crippen LogP contribution in [0.4, 0.5) is 5.82 Å². The number of halogens is 1. The summed E-state index contributed by atoms with van der Waals surface area (Å²) in [6, 6.07) is 14.4. The fourth-order valence-electron chi connectivity index (χ4n) is 2.14. The molecule has 2 aromatic carbocycles. The van der Waals surface area contributed by atoms with Gasteiger partial charge in [-0.2, -0.15) is 0 Å². The number of carbonyl (C=O) groups excluding carboxylic acids is 1. The average Bonchev–Trinajstić information content (AvgIpc) is 3.04. The zero-order valence-corrected chi connectivity index (χ0v) is 14.4. The van der Waals surface area contributed by atoms with E-state index >= 15 is 0 Å². The monoisotopic (exact) mass is 387 g/mol. The first kappa shape index (κ1) is 16.2. The van der Waals surface area contributed by atoms with E-state index in [1.54, 1.807) is 24.3 Å². The van der Waals surface area contributed by atoms with Crippen LogP contribution >= 0.6 is 15.9 Å². The van der Waals surface area contributed by atoms with Crippen LogP contribution in [0.1, 0.15) is 17.3 Å². The van der Waals surface area contributed by atoms with E-state index in [2.05, 4.69) is 31.6 Å². The predicted molar refractivity (Wildman–Crippen MR) is 93.0 cm³/mol. The smallest absolute Gasteiger partial charge is 0.257 e. The fourth-order valence-corrected chi connectivity index (χ4v) is 2.41. The molecule has 0 aliphatic rings. The molecule has 0 atom stereocenters. The van der Waals surface area contributed by atoms with Crippen molar-refractivity contribution < 1.29 is 14.2 Å². The third kappa shape index (κ3) is 3.62. The van der Waals surface area contributed by atoms with E-state index < -0.39 is 0 Å². The van der Waals surface area contributed by atoms with Gasteiger partial charge in [0.2, 0.25) is 5.82 Å². The first-order valence-electron chi connectivity index (χ1n) is 7.30. The van der Waals surface area contributed by atoms with Crippen molar-refractivity contribution in [3.8, 4) is 17.0 Å². The molecule has 1 aromatic heterocycles. The average molecular weight is 388 g/mol. The Bertz CT molecular complexity index is 846. The van der Waals surface area contributed by atoms with E-state index in [4.69, 9.17) is 9.37 Å². The molecular formula is C17H14BrN3O3. The number of aromatic nitrogens is 2. The lowest BCUT2D eigenvalue weighted by atomic mass is 10.1. The van der Waals surface area contributed by atoms with E-state index in [1.807, 2.05) is 31.2 Å². The van der Waals surface area contributed by atoms with Crippen LogP contribution in [-0.2, 0) is 0 Å². The van der Waals surface area contributed by atoms with Crippen molar-refractivity contribution in [3.05, 3.63) is 58.6 Å². The molecular weight excluding hydrogens is 374 g/mol. The lowest BCUT2D eigenvalue weighted by Gasteiger charge is -2.06. The molecule has 122 valence electrons. The van der Waals surface area contributed by atoms with Crippen LogP contribution < -0.4 is 10.1 Å². The molecule has 3 aromatic rings. The highest BCUT2D eigenvalue weighted by molar-refractivity contribution is 9.10. The first-order valence-corrected chi connectivity index (χ1v) is 8.09. The van der Waals surface area contributed by atoms with E-state index in [1.165, 1.54) is 0 Å². The number of benzene rings is 2. The molecule has 0 fully saturated rings. The van der Waals surface area contributed by atoms with Crippen LogP contribution in [0.2, 0.25) is 0 Å². The highest BCUT2D eigenvalue weighted by Crippen LogP contribution is 2.26. The summed E-state index contributed by atoms with van der Waals surface area (Å²) in [6.07, 6.45) is 0. The van der Waals surface area contributed by atoms with Crippen molar-refractivity contribution in [3.63, 3.8) is 0 Å². The summed E-state index contributed by atoms with van der Waals surface area (Å²) in [6.45, 7) is 2.42. The Morgan fingerprint density at radius 2 is 2.00 bits per heavy atom. The van der Waals surface area contributed by atoms with Crippen molar-refractivity contribution in [1.82, 2.24) is 10.3 Å². The number of hydrogen-bond donors (Lipinski definition) is 1. The maximum absolute atomic E-state index is 12.4. The molecule has 0 aliphatic heterocycles. The van der Waals surface area contributed by atoms with Crippen molar-refractivity contribution in [2.75, 3.05) is 11.9 Å². The maximum atomic E-state index is 12.4. The second-order valence-electron chi connectivity index (χ2n) is 4.88. The molecule has 0 radical (unpaired) electrons. The highest BCUT2D eigenvalue weighted by Gasteiger charge is 2.16. The zero-order chi connectivity index (χ0) is 16.9. The van der Waals surface area contributed by atoms with Gasteiger partial charge in [0.15, 0.2) is 5.69 Å². The SMILES string of the molecule is CCOc1cccc(C(=O)Nc2nonc2-c2ccc(Br)cc2)c1. The largest absolute Gasteiger partial charge is 0.494 e. The van der Waals surface area contributed by atoms with E-state index in [-0.39, 0.29) is 11.7 Å². The van der Waals surface area contributed by atoms with Crippen LogP contribution in [0.5, 0.6) is 5.75 Å². The number of hydrogen-bond acceptors (Lipinski definition) is 5. The van der Waals surface area contributed by atoms with Gasteiger partial charge in [0, 0.05) is 15.6 Å². The second kappa shape index (κ2) is 7.27. The van der Waals surface area contributed by atoms with Gasteiger partial charge in [0.1, 0.15) is 5.75 Å². The zero-order valence-electron chi connectivity index (χ0n) is 12.8. The fraction of sp³-hybridized carbons (Fsp3) is 0.118. The Morgan fingerprint density at radius 3 is 2.75 bits per heavy atom. The third-order valence-corrected chi connectivity index (χ3v) is 3.77. The molecule has 24 heavy (non-hydrogen) atoms. The summed E-state index contributed by atoms with van der Waals surface area (Å²) in [5, 5.41) is 10.4. The Morgan fingerprint density at radius 1 is 1.21 bits per heavy atom. The normalized spacial score (nSPS) is 10.4. The topological polar surface area (TPSA) is 77.2 Å². The van der Waals surface area contributed by atoms with Gasteiger partial charge in [-0.15, -0.1) is 0 Å². The van der Waals surface area contributed by atoms with E-state index in [9.17, 15) is 4.79 Å². The van der Waals surface area contributed by atoms with Gasteiger partial charge in [0.05, 0.1) is 6.61 Å². The van der Waals surface area contributed by atoms with Crippen LogP contribution in [0.15, 0.2) is 57.6 Å². The maximum Gasteiger partial charge on any atom is 0.257 e.